The van der Waals surface area contributed by atoms with E-state index in [9.17, 15) is 14.7 Å². The molecule has 1 aliphatic rings. The highest BCUT2D eigenvalue weighted by atomic mass is 16.5. The van der Waals surface area contributed by atoms with Crippen molar-refractivity contribution in [2.45, 2.75) is 18.6 Å². The van der Waals surface area contributed by atoms with Crippen LogP contribution < -0.4 is 5.32 Å². The van der Waals surface area contributed by atoms with Crippen molar-refractivity contribution in [3.05, 3.63) is 0 Å². The molecule has 3 N–H and O–H groups in total. The molecule has 1 saturated heterocycles. The van der Waals surface area contributed by atoms with Crippen LogP contribution in [0.4, 0.5) is 0 Å². The van der Waals surface area contributed by atoms with Gasteiger partial charge in [0.25, 0.3) is 0 Å². The van der Waals surface area contributed by atoms with Crippen LogP contribution in [0.3, 0.4) is 0 Å². The van der Waals surface area contributed by atoms with Crippen molar-refractivity contribution < 1.29 is 24.5 Å². The Morgan fingerprint density at radius 1 is 1.59 bits per heavy atom. The molecule has 0 bridgehead atoms. The van der Waals surface area contributed by atoms with Crippen LogP contribution >= 0.6 is 0 Å². The van der Waals surface area contributed by atoms with Gasteiger partial charge < -0.3 is 20.3 Å². The average Bonchev–Trinajstić information content (AvgIpc) is 2.28. The van der Waals surface area contributed by atoms with E-state index in [2.05, 4.69) is 5.32 Å². The van der Waals surface area contributed by atoms with Crippen molar-refractivity contribution in [3.8, 4) is 0 Å². The van der Waals surface area contributed by atoms with Gasteiger partial charge in [0.05, 0.1) is 13.2 Å². The van der Waals surface area contributed by atoms with Gasteiger partial charge in [-0.2, -0.15) is 0 Å². The molecule has 2 unspecified atom stereocenters. The Balaban J connectivity index is 2.72. The minimum Gasteiger partial charge on any atom is -0.479 e. The van der Waals surface area contributed by atoms with Crippen LogP contribution in [0.15, 0.2) is 0 Å². The second kappa shape index (κ2) is 5.44. The average molecular weight is 246 g/mol. The summed E-state index contributed by atoms with van der Waals surface area (Å²) in [5, 5.41) is 21.0. The van der Waals surface area contributed by atoms with Gasteiger partial charge in [-0.3, -0.25) is 9.69 Å². The van der Waals surface area contributed by atoms with Crippen molar-refractivity contribution >= 4 is 11.9 Å². The van der Waals surface area contributed by atoms with Crippen LogP contribution in [0.1, 0.15) is 6.92 Å². The second-order valence-corrected chi connectivity index (χ2v) is 4.25. The van der Waals surface area contributed by atoms with E-state index < -0.39 is 17.6 Å². The quantitative estimate of drug-likeness (QED) is 0.545. The number of carbonyl (C=O) groups excluding carboxylic acids is 1. The normalized spacial score (nSPS) is 25.0. The molecule has 7 heteroatoms. The zero-order valence-electron chi connectivity index (χ0n) is 9.97. The van der Waals surface area contributed by atoms with Crippen LogP contribution in [0.5, 0.6) is 0 Å². The molecule has 1 fully saturated rings. The van der Waals surface area contributed by atoms with E-state index in [0.29, 0.717) is 13.2 Å². The molecule has 1 amide bonds. The summed E-state index contributed by atoms with van der Waals surface area (Å²) in [5.74, 6) is -1.55. The molecular formula is C10H18N2O5. The van der Waals surface area contributed by atoms with Crippen LogP contribution in [-0.2, 0) is 14.3 Å². The first-order valence-corrected chi connectivity index (χ1v) is 5.37. The Bertz CT molecular complexity index is 305. The number of aliphatic hydroxyl groups is 1. The van der Waals surface area contributed by atoms with Gasteiger partial charge in [-0.15, -0.1) is 0 Å². The fourth-order valence-corrected chi connectivity index (χ4v) is 1.70. The summed E-state index contributed by atoms with van der Waals surface area (Å²) < 4.78 is 5.18. The van der Waals surface area contributed by atoms with Crippen molar-refractivity contribution in [1.29, 1.82) is 0 Å². The third-order valence-electron chi connectivity index (χ3n) is 2.76. The highest BCUT2D eigenvalue weighted by molar-refractivity contribution is 5.82. The Morgan fingerprint density at radius 3 is 2.76 bits per heavy atom. The smallest absolute Gasteiger partial charge is 0.336 e. The standard InChI is InChI=1S/C10H18N2O5/c1-10(16,9(14)15)6-12-3-4-17-5-7(12)8(13)11-2/h7,16H,3-6H2,1-2H3,(H,11,13)(H,14,15). The van der Waals surface area contributed by atoms with Gasteiger partial charge in [-0.05, 0) is 6.92 Å². The highest BCUT2D eigenvalue weighted by Gasteiger charge is 2.37. The number of carboxylic acids is 1. The number of hydrogen-bond acceptors (Lipinski definition) is 5. The maximum Gasteiger partial charge on any atom is 0.336 e. The molecule has 1 heterocycles. The highest BCUT2D eigenvalue weighted by Crippen LogP contribution is 2.13. The third kappa shape index (κ3) is 3.39. The van der Waals surface area contributed by atoms with E-state index in [0.717, 1.165) is 0 Å². The minimum absolute atomic E-state index is 0.107. The summed E-state index contributed by atoms with van der Waals surface area (Å²) in [6, 6.07) is -0.556. The van der Waals surface area contributed by atoms with Gasteiger partial charge >= 0.3 is 5.97 Å². The lowest BCUT2D eigenvalue weighted by atomic mass is 10.0. The molecular weight excluding hydrogens is 228 g/mol. The van der Waals surface area contributed by atoms with Crippen molar-refractivity contribution in [2.75, 3.05) is 33.4 Å². The maximum absolute atomic E-state index is 11.6. The van der Waals surface area contributed by atoms with Gasteiger partial charge in [-0.1, -0.05) is 0 Å². The van der Waals surface area contributed by atoms with Crippen LogP contribution in [0.2, 0.25) is 0 Å². The number of aliphatic carboxylic acids is 1. The van der Waals surface area contributed by atoms with E-state index in [4.69, 9.17) is 9.84 Å². The Labute approximate surface area is 99.4 Å². The summed E-state index contributed by atoms with van der Waals surface area (Å²) in [4.78, 5) is 24.0. The minimum atomic E-state index is -1.87. The summed E-state index contributed by atoms with van der Waals surface area (Å²) in [7, 11) is 1.50. The number of nitrogens with one attached hydrogen (secondary N) is 1. The zero-order valence-corrected chi connectivity index (χ0v) is 9.97. The number of carbonyl (C=O) groups is 2. The van der Waals surface area contributed by atoms with Gasteiger partial charge in [-0.25, -0.2) is 4.79 Å². The van der Waals surface area contributed by atoms with E-state index in [1.165, 1.54) is 14.0 Å². The first-order chi connectivity index (χ1) is 7.88. The van der Waals surface area contributed by atoms with Gasteiger partial charge in [0.15, 0.2) is 5.60 Å². The molecule has 98 valence electrons. The van der Waals surface area contributed by atoms with Gasteiger partial charge in [0, 0.05) is 20.1 Å². The number of β-amino-alcohol motifs (C(OH)–C–C–N with tert-alkyl or cyclic N) is 1. The van der Waals surface area contributed by atoms with E-state index in [1.807, 2.05) is 0 Å². The number of nitrogens with zero attached hydrogens (tertiary/aromatic N) is 1. The molecule has 0 radical (unpaired) electrons. The number of ether oxygens (including phenoxy) is 1. The number of likely N-dealkylation sites (N-methyl/N-ethyl adjacent to an activating group) is 1. The zero-order chi connectivity index (χ0) is 13.1. The van der Waals surface area contributed by atoms with Crippen molar-refractivity contribution in [2.24, 2.45) is 0 Å². The lowest BCUT2D eigenvalue weighted by Crippen LogP contribution is -2.58. The van der Waals surface area contributed by atoms with E-state index in [1.54, 1.807) is 4.90 Å². The molecule has 0 aromatic heterocycles. The second-order valence-electron chi connectivity index (χ2n) is 4.25. The largest absolute Gasteiger partial charge is 0.479 e. The summed E-state index contributed by atoms with van der Waals surface area (Å²) in [6.07, 6.45) is 0. The molecule has 0 saturated carbocycles. The molecule has 0 aromatic carbocycles. The maximum atomic E-state index is 11.6. The number of morpholine rings is 1. The van der Waals surface area contributed by atoms with E-state index >= 15 is 0 Å². The third-order valence-corrected chi connectivity index (χ3v) is 2.76. The first-order valence-electron chi connectivity index (χ1n) is 5.37. The summed E-state index contributed by atoms with van der Waals surface area (Å²) in [6.45, 7) is 2.15. The first kappa shape index (κ1) is 13.9. The van der Waals surface area contributed by atoms with E-state index in [-0.39, 0.29) is 19.1 Å². The van der Waals surface area contributed by atoms with Crippen LogP contribution in [-0.4, -0.2) is 72.0 Å². The topological polar surface area (TPSA) is 99.1 Å². The number of amides is 1. The summed E-state index contributed by atoms with van der Waals surface area (Å²) in [5.41, 5.74) is -1.87. The predicted molar refractivity (Wildman–Crippen MR) is 58.5 cm³/mol. The summed E-state index contributed by atoms with van der Waals surface area (Å²) >= 11 is 0. The van der Waals surface area contributed by atoms with Gasteiger partial charge in [0.2, 0.25) is 5.91 Å². The molecule has 0 aliphatic carbocycles. The monoisotopic (exact) mass is 246 g/mol. The molecule has 1 aliphatic heterocycles. The molecule has 7 nitrogen and oxygen atoms in total. The van der Waals surface area contributed by atoms with Crippen LogP contribution in [0, 0.1) is 0 Å². The Morgan fingerprint density at radius 2 is 2.24 bits per heavy atom. The SMILES string of the molecule is CNC(=O)C1COCCN1CC(C)(O)C(=O)O. The Kier molecular flexibility index (Phi) is 4.44. The molecule has 2 atom stereocenters. The number of rotatable bonds is 4. The lowest BCUT2D eigenvalue weighted by Gasteiger charge is -2.37. The molecule has 0 aromatic rings. The van der Waals surface area contributed by atoms with Crippen LogP contribution in [0.25, 0.3) is 0 Å². The number of hydrogen-bond donors (Lipinski definition) is 3. The molecule has 17 heavy (non-hydrogen) atoms. The van der Waals surface area contributed by atoms with Crippen molar-refractivity contribution in [3.63, 3.8) is 0 Å². The molecule has 1 rings (SSSR count). The number of carboxylic acid groups (broad SMARTS) is 1. The van der Waals surface area contributed by atoms with Crippen molar-refractivity contribution in [1.82, 2.24) is 10.2 Å². The Hall–Kier alpha value is -1.18. The predicted octanol–water partition coefficient (Wildman–Crippen LogP) is -1.73. The fourth-order valence-electron chi connectivity index (χ4n) is 1.70. The molecule has 0 spiro atoms. The lowest BCUT2D eigenvalue weighted by molar-refractivity contribution is -0.162. The fraction of sp³-hybridized carbons (Fsp3) is 0.800. The van der Waals surface area contributed by atoms with Gasteiger partial charge in [0.1, 0.15) is 6.04 Å².